The molecule has 3 rings (SSSR count). The van der Waals surface area contributed by atoms with Gasteiger partial charge >= 0.3 is 0 Å². The van der Waals surface area contributed by atoms with Crippen LogP contribution in [0.5, 0.6) is 5.75 Å². The number of benzene rings is 2. The molecule has 0 fully saturated rings. The standard InChI is InChI=1S/C17H18O3/c18-17-9-6-14-10-15(7-8-16(14)17)20-12-19-11-13-4-2-1-3-5-13/h1-5,7-8,10,17-18H,6,9,11-12H2/t17-/m1/s1. The van der Waals surface area contributed by atoms with Gasteiger partial charge in [-0.25, -0.2) is 0 Å². The Kier molecular flexibility index (Phi) is 4.00. The summed E-state index contributed by atoms with van der Waals surface area (Å²) >= 11 is 0. The van der Waals surface area contributed by atoms with Gasteiger partial charge in [-0.15, -0.1) is 0 Å². The van der Waals surface area contributed by atoms with Gasteiger partial charge in [0.2, 0.25) is 0 Å². The van der Waals surface area contributed by atoms with Crippen LogP contribution in [0.25, 0.3) is 0 Å². The maximum Gasteiger partial charge on any atom is 0.189 e. The molecule has 2 aromatic rings. The van der Waals surface area contributed by atoms with Crippen LogP contribution >= 0.6 is 0 Å². The van der Waals surface area contributed by atoms with Gasteiger partial charge in [0.15, 0.2) is 6.79 Å². The highest BCUT2D eigenvalue weighted by Gasteiger charge is 2.20. The molecule has 0 spiro atoms. The van der Waals surface area contributed by atoms with E-state index in [4.69, 9.17) is 9.47 Å². The van der Waals surface area contributed by atoms with E-state index in [1.165, 1.54) is 5.56 Å². The van der Waals surface area contributed by atoms with Gasteiger partial charge in [-0.1, -0.05) is 36.4 Å². The minimum absolute atomic E-state index is 0.232. The number of hydrogen-bond donors (Lipinski definition) is 1. The normalized spacial score (nSPS) is 16.9. The lowest BCUT2D eigenvalue weighted by atomic mass is 10.1. The van der Waals surface area contributed by atoms with Crippen LogP contribution in [0, 0.1) is 0 Å². The average molecular weight is 270 g/mol. The molecule has 2 aromatic carbocycles. The summed E-state index contributed by atoms with van der Waals surface area (Å²) < 4.78 is 11.1. The van der Waals surface area contributed by atoms with Gasteiger partial charge in [0.05, 0.1) is 12.7 Å². The van der Waals surface area contributed by atoms with Crippen molar-refractivity contribution in [2.45, 2.75) is 25.6 Å². The zero-order chi connectivity index (χ0) is 13.8. The molecule has 3 nitrogen and oxygen atoms in total. The second-order valence-corrected chi connectivity index (χ2v) is 5.01. The zero-order valence-electron chi connectivity index (χ0n) is 11.3. The molecule has 20 heavy (non-hydrogen) atoms. The first kappa shape index (κ1) is 13.2. The Morgan fingerprint density at radius 2 is 1.95 bits per heavy atom. The first-order valence-corrected chi connectivity index (χ1v) is 6.88. The predicted molar refractivity (Wildman–Crippen MR) is 76.4 cm³/mol. The molecule has 1 aliphatic carbocycles. The molecule has 1 aliphatic rings. The van der Waals surface area contributed by atoms with E-state index in [1.807, 2.05) is 48.5 Å². The molecule has 0 aromatic heterocycles. The number of fused-ring (bicyclic) bond motifs is 1. The van der Waals surface area contributed by atoms with Crippen molar-refractivity contribution in [1.82, 2.24) is 0 Å². The lowest BCUT2D eigenvalue weighted by molar-refractivity contribution is 0.00501. The van der Waals surface area contributed by atoms with Gasteiger partial charge in [-0.3, -0.25) is 0 Å². The third-order valence-electron chi connectivity index (χ3n) is 3.58. The van der Waals surface area contributed by atoms with Crippen molar-refractivity contribution in [3.05, 3.63) is 65.2 Å². The summed E-state index contributed by atoms with van der Waals surface area (Å²) in [5, 5.41) is 9.75. The highest BCUT2D eigenvalue weighted by atomic mass is 16.7. The van der Waals surface area contributed by atoms with Crippen LogP contribution < -0.4 is 4.74 Å². The molecule has 0 saturated carbocycles. The molecular weight excluding hydrogens is 252 g/mol. The van der Waals surface area contributed by atoms with E-state index < -0.39 is 0 Å². The largest absolute Gasteiger partial charge is 0.468 e. The predicted octanol–water partition coefficient (Wildman–Crippen LogP) is 3.22. The Balaban J connectivity index is 1.50. The van der Waals surface area contributed by atoms with Crippen LogP contribution in [0.3, 0.4) is 0 Å². The Morgan fingerprint density at radius 3 is 2.80 bits per heavy atom. The fourth-order valence-corrected chi connectivity index (χ4v) is 2.50. The highest BCUT2D eigenvalue weighted by molar-refractivity contribution is 5.39. The molecule has 104 valence electrons. The quantitative estimate of drug-likeness (QED) is 0.669. The van der Waals surface area contributed by atoms with Gasteiger partial charge in [0, 0.05) is 0 Å². The number of ether oxygens (including phenoxy) is 2. The maximum atomic E-state index is 9.75. The summed E-state index contributed by atoms with van der Waals surface area (Å²) in [6.45, 7) is 0.779. The molecule has 0 heterocycles. The van der Waals surface area contributed by atoms with Crippen molar-refractivity contribution in [1.29, 1.82) is 0 Å². The maximum absolute atomic E-state index is 9.75. The second-order valence-electron chi connectivity index (χ2n) is 5.01. The van der Waals surface area contributed by atoms with Gasteiger partial charge in [0.25, 0.3) is 0 Å². The number of aliphatic hydroxyl groups is 1. The van der Waals surface area contributed by atoms with Crippen LogP contribution in [0.2, 0.25) is 0 Å². The molecule has 1 N–H and O–H groups in total. The fourth-order valence-electron chi connectivity index (χ4n) is 2.50. The van der Waals surface area contributed by atoms with E-state index in [0.29, 0.717) is 6.61 Å². The van der Waals surface area contributed by atoms with Gasteiger partial charge in [-0.2, -0.15) is 0 Å². The van der Waals surface area contributed by atoms with Crippen molar-refractivity contribution >= 4 is 0 Å². The minimum atomic E-state index is -0.312. The monoisotopic (exact) mass is 270 g/mol. The summed E-state index contributed by atoms with van der Waals surface area (Å²) in [5.74, 6) is 0.797. The SMILES string of the molecule is O[C@@H]1CCc2cc(OCOCc3ccccc3)ccc21. The summed E-state index contributed by atoms with van der Waals surface area (Å²) in [7, 11) is 0. The fraction of sp³-hybridized carbons (Fsp3) is 0.294. The van der Waals surface area contributed by atoms with Crippen molar-refractivity contribution in [3.8, 4) is 5.75 Å². The van der Waals surface area contributed by atoms with Gasteiger partial charge < -0.3 is 14.6 Å². The van der Waals surface area contributed by atoms with Crippen molar-refractivity contribution in [3.63, 3.8) is 0 Å². The molecule has 0 bridgehead atoms. The molecular formula is C17H18O3. The molecule has 0 aliphatic heterocycles. The Bertz CT molecular complexity index is 566. The van der Waals surface area contributed by atoms with Crippen molar-refractivity contribution < 1.29 is 14.6 Å². The zero-order valence-corrected chi connectivity index (χ0v) is 11.3. The van der Waals surface area contributed by atoms with Crippen molar-refractivity contribution in [2.75, 3.05) is 6.79 Å². The van der Waals surface area contributed by atoms with Crippen LogP contribution in [0.1, 0.15) is 29.2 Å². The first-order chi connectivity index (χ1) is 9.83. The first-order valence-electron chi connectivity index (χ1n) is 6.88. The lowest BCUT2D eigenvalue weighted by Crippen LogP contribution is -2.03. The summed E-state index contributed by atoms with van der Waals surface area (Å²) in [6.07, 6.45) is 1.41. The smallest absolute Gasteiger partial charge is 0.189 e. The Hall–Kier alpha value is -1.84. The Labute approximate surface area is 118 Å². The number of rotatable bonds is 5. The molecule has 0 radical (unpaired) electrons. The molecule has 1 atom stereocenters. The van der Waals surface area contributed by atoms with Crippen LogP contribution in [-0.4, -0.2) is 11.9 Å². The highest BCUT2D eigenvalue weighted by Crippen LogP contribution is 2.33. The third-order valence-corrected chi connectivity index (χ3v) is 3.58. The topological polar surface area (TPSA) is 38.7 Å². The second kappa shape index (κ2) is 6.07. The number of aryl methyl sites for hydroxylation is 1. The van der Waals surface area contributed by atoms with Crippen LogP contribution in [0.4, 0.5) is 0 Å². The van der Waals surface area contributed by atoms with Gasteiger partial charge in [0.1, 0.15) is 5.75 Å². The van der Waals surface area contributed by atoms with Crippen LogP contribution in [0.15, 0.2) is 48.5 Å². The lowest BCUT2D eigenvalue weighted by Gasteiger charge is -2.09. The van der Waals surface area contributed by atoms with E-state index >= 15 is 0 Å². The average Bonchev–Trinajstić information content (AvgIpc) is 2.86. The van der Waals surface area contributed by atoms with E-state index in [9.17, 15) is 5.11 Å². The van der Waals surface area contributed by atoms with Gasteiger partial charge in [-0.05, 0) is 41.7 Å². The summed E-state index contributed by atoms with van der Waals surface area (Å²) in [5.41, 5.74) is 3.34. The molecule has 3 heteroatoms. The Morgan fingerprint density at radius 1 is 1.10 bits per heavy atom. The van der Waals surface area contributed by atoms with E-state index in [0.717, 1.165) is 29.7 Å². The number of aliphatic hydroxyl groups excluding tert-OH is 1. The van der Waals surface area contributed by atoms with E-state index in [1.54, 1.807) is 0 Å². The van der Waals surface area contributed by atoms with Crippen molar-refractivity contribution in [2.24, 2.45) is 0 Å². The van der Waals surface area contributed by atoms with E-state index in [-0.39, 0.29) is 12.9 Å². The minimum Gasteiger partial charge on any atom is -0.468 e. The summed E-state index contributed by atoms with van der Waals surface area (Å²) in [4.78, 5) is 0. The molecule has 0 saturated heterocycles. The third kappa shape index (κ3) is 3.00. The summed E-state index contributed by atoms with van der Waals surface area (Å²) in [6, 6.07) is 15.8. The van der Waals surface area contributed by atoms with E-state index in [2.05, 4.69) is 0 Å². The molecule has 0 amide bonds. The van der Waals surface area contributed by atoms with Crippen LogP contribution in [-0.2, 0) is 17.8 Å². The number of hydrogen-bond acceptors (Lipinski definition) is 3. The molecule has 0 unspecified atom stereocenters.